The lowest BCUT2D eigenvalue weighted by Gasteiger charge is -2.23. The van der Waals surface area contributed by atoms with Gasteiger partial charge in [0.05, 0.1) is 12.8 Å². The SMILES string of the molecule is COC(=O)CN1C(=O)[C@@](O)(c2c(C)[nH]c3ccccc23)c2ccccc21. The van der Waals surface area contributed by atoms with Crippen LogP contribution >= 0.6 is 0 Å². The summed E-state index contributed by atoms with van der Waals surface area (Å²) in [4.78, 5) is 29.6. The molecule has 0 radical (unpaired) electrons. The molecule has 1 amide bonds. The molecule has 132 valence electrons. The van der Waals surface area contributed by atoms with E-state index in [1.165, 1.54) is 12.0 Å². The highest BCUT2D eigenvalue weighted by molar-refractivity contribution is 6.13. The number of amides is 1. The molecule has 26 heavy (non-hydrogen) atoms. The molecule has 0 unspecified atom stereocenters. The first-order valence-electron chi connectivity index (χ1n) is 8.27. The van der Waals surface area contributed by atoms with E-state index in [1.54, 1.807) is 24.3 Å². The Morgan fingerprint density at radius 3 is 2.65 bits per heavy atom. The third kappa shape index (κ3) is 2.09. The Bertz CT molecular complexity index is 1040. The number of fused-ring (bicyclic) bond motifs is 2. The molecular weight excluding hydrogens is 332 g/mol. The summed E-state index contributed by atoms with van der Waals surface area (Å²) in [6.07, 6.45) is 0. The van der Waals surface area contributed by atoms with Crippen LogP contribution < -0.4 is 4.90 Å². The number of hydrogen-bond donors (Lipinski definition) is 2. The molecule has 2 heterocycles. The summed E-state index contributed by atoms with van der Waals surface area (Å²) in [5.41, 5.74) is 1.16. The van der Waals surface area contributed by atoms with Gasteiger partial charge >= 0.3 is 5.97 Å². The van der Waals surface area contributed by atoms with Gasteiger partial charge in [-0.3, -0.25) is 14.5 Å². The number of benzene rings is 2. The number of H-pyrrole nitrogens is 1. The first-order valence-corrected chi connectivity index (χ1v) is 8.27. The van der Waals surface area contributed by atoms with E-state index in [0.29, 0.717) is 22.5 Å². The number of ether oxygens (including phenoxy) is 1. The van der Waals surface area contributed by atoms with Crippen LogP contribution in [0.25, 0.3) is 10.9 Å². The lowest BCUT2D eigenvalue weighted by Crippen LogP contribution is -2.43. The molecule has 0 saturated carbocycles. The second kappa shape index (κ2) is 5.71. The van der Waals surface area contributed by atoms with Crippen LogP contribution in [0.1, 0.15) is 16.8 Å². The normalized spacial score (nSPS) is 19.0. The van der Waals surface area contributed by atoms with Crippen molar-refractivity contribution in [3.05, 3.63) is 65.4 Å². The van der Waals surface area contributed by atoms with Gasteiger partial charge in [0.1, 0.15) is 6.54 Å². The number of para-hydroxylation sites is 2. The van der Waals surface area contributed by atoms with Gasteiger partial charge < -0.3 is 14.8 Å². The van der Waals surface area contributed by atoms with Crippen molar-refractivity contribution in [2.45, 2.75) is 12.5 Å². The highest BCUT2D eigenvalue weighted by atomic mass is 16.5. The van der Waals surface area contributed by atoms with E-state index in [2.05, 4.69) is 4.98 Å². The van der Waals surface area contributed by atoms with Crippen molar-refractivity contribution in [2.75, 3.05) is 18.6 Å². The van der Waals surface area contributed by atoms with Gasteiger partial charge in [0.2, 0.25) is 0 Å². The van der Waals surface area contributed by atoms with Crippen molar-refractivity contribution >= 4 is 28.5 Å². The highest BCUT2D eigenvalue weighted by Gasteiger charge is 2.53. The van der Waals surface area contributed by atoms with Gasteiger partial charge in [0.15, 0.2) is 5.60 Å². The van der Waals surface area contributed by atoms with Gasteiger partial charge in [0, 0.05) is 27.7 Å². The molecule has 0 bridgehead atoms. The molecule has 1 aliphatic rings. The molecule has 3 aromatic rings. The van der Waals surface area contributed by atoms with Crippen LogP contribution in [-0.2, 0) is 19.9 Å². The molecule has 0 fully saturated rings. The van der Waals surface area contributed by atoms with Gasteiger partial charge in [-0.15, -0.1) is 0 Å². The Balaban J connectivity index is 1.97. The Morgan fingerprint density at radius 1 is 1.19 bits per heavy atom. The monoisotopic (exact) mass is 350 g/mol. The number of hydrogen-bond acceptors (Lipinski definition) is 4. The Labute approximate surface area is 150 Å². The molecule has 0 saturated heterocycles. The van der Waals surface area contributed by atoms with Crippen LogP contribution in [0.2, 0.25) is 0 Å². The second-order valence-corrected chi connectivity index (χ2v) is 6.37. The van der Waals surface area contributed by atoms with E-state index < -0.39 is 17.5 Å². The third-order valence-electron chi connectivity index (χ3n) is 4.91. The zero-order valence-corrected chi connectivity index (χ0v) is 14.4. The lowest BCUT2D eigenvalue weighted by atomic mass is 9.85. The minimum absolute atomic E-state index is 0.254. The minimum Gasteiger partial charge on any atom is -0.468 e. The van der Waals surface area contributed by atoms with Gasteiger partial charge in [-0.25, -0.2) is 0 Å². The van der Waals surface area contributed by atoms with Crippen molar-refractivity contribution < 1.29 is 19.4 Å². The van der Waals surface area contributed by atoms with Gasteiger partial charge in [-0.05, 0) is 19.1 Å². The van der Waals surface area contributed by atoms with Crippen molar-refractivity contribution in [2.24, 2.45) is 0 Å². The summed E-state index contributed by atoms with van der Waals surface area (Å²) in [6.45, 7) is 1.57. The molecular formula is C20H18N2O4. The number of nitrogens with zero attached hydrogens (tertiary/aromatic N) is 1. The lowest BCUT2D eigenvalue weighted by molar-refractivity contribution is -0.141. The van der Waals surface area contributed by atoms with Crippen molar-refractivity contribution in [3.8, 4) is 0 Å². The number of esters is 1. The molecule has 1 atom stereocenters. The van der Waals surface area contributed by atoms with E-state index in [9.17, 15) is 14.7 Å². The van der Waals surface area contributed by atoms with E-state index >= 15 is 0 Å². The summed E-state index contributed by atoms with van der Waals surface area (Å²) < 4.78 is 4.71. The van der Waals surface area contributed by atoms with E-state index in [0.717, 1.165) is 10.9 Å². The summed E-state index contributed by atoms with van der Waals surface area (Å²) >= 11 is 0. The average Bonchev–Trinajstić information content (AvgIpc) is 3.09. The Morgan fingerprint density at radius 2 is 1.88 bits per heavy atom. The zero-order chi connectivity index (χ0) is 18.5. The number of carbonyl (C=O) groups is 2. The van der Waals surface area contributed by atoms with Crippen molar-refractivity contribution in [1.29, 1.82) is 0 Å². The Kier molecular flexibility index (Phi) is 3.59. The average molecular weight is 350 g/mol. The first-order chi connectivity index (χ1) is 12.5. The van der Waals surface area contributed by atoms with Crippen LogP contribution in [0.3, 0.4) is 0 Å². The number of aryl methyl sites for hydroxylation is 1. The van der Waals surface area contributed by atoms with Crippen LogP contribution in [-0.4, -0.2) is 35.6 Å². The molecule has 6 nitrogen and oxygen atoms in total. The summed E-state index contributed by atoms with van der Waals surface area (Å²) in [5.74, 6) is -1.11. The number of methoxy groups -OCH3 is 1. The molecule has 0 spiro atoms. The van der Waals surface area contributed by atoms with E-state index in [1.807, 2.05) is 31.2 Å². The van der Waals surface area contributed by atoms with Crippen LogP contribution in [0.4, 0.5) is 5.69 Å². The van der Waals surface area contributed by atoms with Gasteiger partial charge in [0.25, 0.3) is 5.91 Å². The Hall–Kier alpha value is -3.12. The van der Waals surface area contributed by atoms with Crippen molar-refractivity contribution in [1.82, 2.24) is 4.98 Å². The predicted molar refractivity (Wildman–Crippen MR) is 96.8 cm³/mol. The fourth-order valence-corrected chi connectivity index (χ4v) is 3.77. The predicted octanol–water partition coefficient (Wildman–Crippen LogP) is 2.23. The standard InChI is InChI=1S/C20H18N2O4/c1-12-18(13-7-3-5-9-15(13)21-12)20(25)14-8-4-6-10-16(14)22(19(20)24)11-17(23)26-2/h3-10,21,25H,11H2,1-2H3/t20-/m0/s1. The fourth-order valence-electron chi connectivity index (χ4n) is 3.77. The third-order valence-corrected chi connectivity index (χ3v) is 4.91. The summed E-state index contributed by atoms with van der Waals surface area (Å²) in [7, 11) is 1.27. The molecule has 1 aliphatic heterocycles. The maximum Gasteiger partial charge on any atom is 0.325 e. The zero-order valence-electron chi connectivity index (χ0n) is 14.4. The molecule has 2 N–H and O–H groups in total. The van der Waals surface area contributed by atoms with Crippen LogP contribution in [0.5, 0.6) is 0 Å². The molecule has 0 aliphatic carbocycles. The fraction of sp³-hybridized carbons (Fsp3) is 0.200. The van der Waals surface area contributed by atoms with Crippen molar-refractivity contribution in [3.63, 3.8) is 0 Å². The van der Waals surface area contributed by atoms with Gasteiger partial charge in [-0.1, -0.05) is 36.4 Å². The number of aromatic amines is 1. The smallest absolute Gasteiger partial charge is 0.325 e. The van der Waals surface area contributed by atoms with Crippen LogP contribution in [0, 0.1) is 6.92 Å². The summed E-state index contributed by atoms with van der Waals surface area (Å²) in [5, 5.41) is 12.4. The first kappa shape index (κ1) is 16.4. The van der Waals surface area contributed by atoms with E-state index in [-0.39, 0.29) is 6.54 Å². The maximum atomic E-state index is 13.3. The highest BCUT2D eigenvalue weighted by Crippen LogP contribution is 2.47. The second-order valence-electron chi connectivity index (χ2n) is 6.37. The van der Waals surface area contributed by atoms with Crippen LogP contribution in [0.15, 0.2) is 48.5 Å². The number of anilines is 1. The largest absolute Gasteiger partial charge is 0.468 e. The molecule has 1 aromatic heterocycles. The minimum atomic E-state index is -1.87. The molecule has 6 heteroatoms. The number of aliphatic hydroxyl groups is 1. The number of aromatic nitrogens is 1. The molecule has 4 rings (SSSR count). The number of rotatable bonds is 3. The number of nitrogens with one attached hydrogen (secondary N) is 1. The van der Waals surface area contributed by atoms with E-state index in [4.69, 9.17) is 4.74 Å². The summed E-state index contributed by atoms with van der Waals surface area (Å²) in [6, 6.07) is 14.5. The topological polar surface area (TPSA) is 82.6 Å². The van der Waals surface area contributed by atoms with Gasteiger partial charge in [-0.2, -0.15) is 0 Å². The molecule has 2 aromatic carbocycles. The maximum absolute atomic E-state index is 13.3. The number of carbonyl (C=O) groups excluding carboxylic acids is 2. The quantitative estimate of drug-likeness (QED) is 0.710.